The first-order chi connectivity index (χ1) is 12.9. The molecule has 4 N–H and O–H groups in total. The summed E-state index contributed by atoms with van der Waals surface area (Å²) in [5.41, 5.74) is 0. The van der Waals surface area contributed by atoms with Gasteiger partial charge in [-0.1, -0.05) is 32.0 Å². The van der Waals surface area contributed by atoms with Gasteiger partial charge in [-0.3, -0.25) is 9.59 Å². The van der Waals surface area contributed by atoms with Gasteiger partial charge in [0.15, 0.2) is 0 Å². The fourth-order valence-electron chi connectivity index (χ4n) is 3.31. The highest BCUT2D eigenvalue weighted by atomic mass is 32.1. The van der Waals surface area contributed by atoms with Crippen LogP contribution >= 0.6 is 11.3 Å². The number of thiophene rings is 1. The number of aliphatic hydroxyl groups excluding tert-OH is 1. The Bertz CT molecular complexity index is 772. The molecule has 0 radical (unpaired) electrons. The first-order valence-corrected chi connectivity index (χ1v) is 10.2. The number of carbonyl (C=O) groups excluding carboxylic acids is 2. The molecule has 0 aliphatic carbocycles. The first-order valence-electron chi connectivity index (χ1n) is 9.40. The van der Waals surface area contributed by atoms with E-state index in [1.807, 2.05) is 44.2 Å². The highest BCUT2D eigenvalue weighted by Gasteiger charge is 2.28. The molecule has 0 spiro atoms. The van der Waals surface area contributed by atoms with E-state index in [0.29, 0.717) is 30.9 Å². The normalized spacial score (nSPS) is 20.7. The molecule has 2 amide bonds. The second kappa shape index (κ2) is 8.82. The van der Waals surface area contributed by atoms with Gasteiger partial charge in [0.2, 0.25) is 5.91 Å². The molecule has 0 unspecified atom stereocenters. The molecule has 146 valence electrons. The van der Waals surface area contributed by atoms with Gasteiger partial charge < -0.3 is 21.1 Å². The Kier molecular flexibility index (Phi) is 6.46. The minimum absolute atomic E-state index is 0.00643. The van der Waals surface area contributed by atoms with Gasteiger partial charge in [-0.15, -0.1) is 11.3 Å². The predicted molar refractivity (Wildman–Crippen MR) is 108 cm³/mol. The second-order valence-electron chi connectivity index (χ2n) is 7.53. The van der Waals surface area contributed by atoms with Crippen molar-refractivity contribution in [1.29, 1.82) is 0 Å². The Balaban J connectivity index is 1.64. The van der Waals surface area contributed by atoms with Crippen LogP contribution in [-0.2, 0) is 4.79 Å². The number of nitrogens with one attached hydrogen (secondary N) is 3. The lowest BCUT2D eigenvalue weighted by molar-refractivity contribution is -0.123. The van der Waals surface area contributed by atoms with Gasteiger partial charge in [0.25, 0.3) is 5.91 Å². The SMILES string of the molecule is CC(C)C[C@H](NC(=O)c1cc2ccccc2s1)C(=O)NC[C@@H]1CNC[C@@H]1O. The molecule has 1 fully saturated rings. The Labute approximate surface area is 163 Å². The lowest BCUT2D eigenvalue weighted by Crippen LogP contribution is -2.49. The average Bonchev–Trinajstić information content (AvgIpc) is 3.24. The number of hydrogen-bond donors (Lipinski definition) is 4. The van der Waals surface area contributed by atoms with Crippen molar-refractivity contribution in [2.75, 3.05) is 19.6 Å². The maximum atomic E-state index is 12.7. The van der Waals surface area contributed by atoms with Gasteiger partial charge in [-0.05, 0) is 29.9 Å². The summed E-state index contributed by atoms with van der Waals surface area (Å²) in [6, 6.07) is 9.12. The van der Waals surface area contributed by atoms with Gasteiger partial charge in [-0.25, -0.2) is 0 Å². The summed E-state index contributed by atoms with van der Waals surface area (Å²) in [5.74, 6) is -0.147. The molecule has 2 aromatic rings. The Hall–Kier alpha value is -1.96. The van der Waals surface area contributed by atoms with Crippen LogP contribution in [0.4, 0.5) is 0 Å². The van der Waals surface area contributed by atoms with Crippen LogP contribution in [0.1, 0.15) is 29.9 Å². The minimum Gasteiger partial charge on any atom is -0.391 e. The van der Waals surface area contributed by atoms with E-state index in [0.717, 1.165) is 10.1 Å². The minimum atomic E-state index is -0.589. The smallest absolute Gasteiger partial charge is 0.262 e. The maximum absolute atomic E-state index is 12.7. The van der Waals surface area contributed by atoms with Crippen LogP contribution in [0.25, 0.3) is 10.1 Å². The van der Waals surface area contributed by atoms with Gasteiger partial charge in [0.05, 0.1) is 11.0 Å². The highest BCUT2D eigenvalue weighted by molar-refractivity contribution is 7.20. The van der Waals surface area contributed by atoms with Gasteiger partial charge in [-0.2, -0.15) is 0 Å². The molecule has 7 heteroatoms. The van der Waals surface area contributed by atoms with Crippen LogP contribution in [0, 0.1) is 11.8 Å². The van der Waals surface area contributed by atoms with E-state index < -0.39 is 12.1 Å². The zero-order chi connectivity index (χ0) is 19.4. The van der Waals surface area contributed by atoms with Crippen molar-refractivity contribution in [2.24, 2.45) is 11.8 Å². The van der Waals surface area contributed by atoms with Crippen molar-refractivity contribution in [3.05, 3.63) is 35.2 Å². The predicted octanol–water partition coefficient (Wildman–Crippen LogP) is 1.74. The molecule has 3 rings (SSSR count). The third-order valence-electron chi connectivity index (χ3n) is 4.82. The van der Waals surface area contributed by atoms with Crippen LogP contribution in [-0.4, -0.2) is 48.7 Å². The lowest BCUT2D eigenvalue weighted by Gasteiger charge is -2.21. The summed E-state index contributed by atoms with van der Waals surface area (Å²) in [7, 11) is 0. The summed E-state index contributed by atoms with van der Waals surface area (Å²) in [4.78, 5) is 26.0. The maximum Gasteiger partial charge on any atom is 0.262 e. The lowest BCUT2D eigenvalue weighted by atomic mass is 10.0. The van der Waals surface area contributed by atoms with E-state index in [2.05, 4.69) is 16.0 Å². The van der Waals surface area contributed by atoms with Gasteiger partial charge in [0, 0.05) is 30.3 Å². The Morgan fingerprint density at radius 3 is 2.74 bits per heavy atom. The number of hydrogen-bond acceptors (Lipinski definition) is 5. The van der Waals surface area contributed by atoms with Crippen LogP contribution in [0.2, 0.25) is 0 Å². The topological polar surface area (TPSA) is 90.5 Å². The molecule has 0 saturated carbocycles. The molecule has 1 aromatic carbocycles. The number of benzene rings is 1. The molecular weight excluding hydrogens is 362 g/mol. The molecule has 1 saturated heterocycles. The fourth-order valence-corrected chi connectivity index (χ4v) is 4.27. The molecule has 1 aromatic heterocycles. The number of aliphatic hydroxyl groups is 1. The van der Waals surface area contributed by atoms with Crippen LogP contribution in [0.15, 0.2) is 30.3 Å². The number of β-amino-alcohol motifs (C(OH)–C–C–N with tert-alkyl or cyclic N) is 1. The largest absolute Gasteiger partial charge is 0.391 e. The Morgan fingerprint density at radius 1 is 1.30 bits per heavy atom. The Morgan fingerprint density at radius 2 is 2.07 bits per heavy atom. The third-order valence-corrected chi connectivity index (χ3v) is 5.94. The van der Waals surface area contributed by atoms with Crippen LogP contribution < -0.4 is 16.0 Å². The van der Waals surface area contributed by atoms with E-state index in [1.54, 1.807) is 0 Å². The standard InChI is InChI=1S/C20H27N3O3S/c1-12(2)7-15(19(25)22-10-14-9-21-11-16(14)24)23-20(26)18-8-13-5-3-4-6-17(13)27-18/h3-6,8,12,14-16,21,24H,7,9-11H2,1-2H3,(H,22,25)(H,23,26)/t14-,15-,16-/m0/s1. The van der Waals surface area contributed by atoms with Crippen LogP contribution in [0.5, 0.6) is 0 Å². The van der Waals surface area contributed by atoms with E-state index in [1.165, 1.54) is 11.3 Å². The summed E-state index contributed by atoms with van der Waals surface area (Å²) >= 11 is 1.43. The number of carbonyl (C=O) groups is 2. The zero-order valence-electron chi connectivity index (χ0n) is 15.7. The van der Waals surface area contributed by atoms with Crippen molar-refractivity contribution in [2.45, 2.75) is 32.4 Å². The van der Waals surface area contributed by atoms with Crippen molar-refractivity contribution < 1.29 is 14.7 Å². The summed E-state index contributed by atoms with van der Waals surface area (Å²) in [5, 5.41) is 19.8. The quantitative estimate of drug-likeness (QED) is 0.581. The molecule has 0 bridgehead atoms. The van der Waals surface area contributed by atoms with Gasteiger partial charge >= 0.3 is 0 Å². The third kappa shape index (κ3) is 5.06. The summed E-state index contributed by atoms with van der Waals surface area (Å²) in [6.45, 7) is 5.69. The zero-order valence-corrected chi connectivity index (χ0v) is 16.5. The van der Waals surface area contributed by atoms with E-state index in [-0.39, 0.29) is 23.7 Å². The summed E-state index contributed by atoms with van der Waals surface area (Å²) in [6.07, 6.45) is 0.121. The van der Waals surface area contributed by atoms with Crippen molar-refractivity contribution in [3.8, 4) is 0 Å². The second-order valence-corrected chi connectivity index (χ2v) is 8.62. The van der Waals surface area contributed by atoms with Crippen LogP contribution in [0.3, 0.4) is 0 Å². The molecule has 27 heavy (non-hydrogen) atoms. The van der Waals surface area contributed by atoms with E-state index >= 15 is 0 Å². The van der Waals surface area contributed by atoms with E-state index in [9.17, 15) is 14.7 Å². The number of rotatable bonds is 7. The monoisotopic (exact) mass is 389 g/mol. The molecular formula is C20H27N3O3S. The average molecular weight is 390 g/mol. The summed E-state index contributed by atoms with van der Waals surface area (Å²) < 4.78 is 1.05. The van der Waals surface area contributed by atoms with Crippen molar-refractivity contribution in [3.63, 3.8) is 0 Å². The molecule has 2 heterocycles. The molecule has 6 nitrogen and oxygen atoms in total. The molecule has 3 atom stereocenters. The first kappa shape index (κ1) is 19.8. The number of amides is 2. The van der Waals surface area contributed by atoms with E-state index in [4.69, 9.17) is 0 Å². The highest BCUT2D eigenvalue weighted by Crippen LogP contribution is 2.25. The van der Waals surface area contributed by atoms with Gasteiger partial charge in [0.1, 0.15) is 6.04 Å². The molecule has 1 aliphatic rings. The molecule has 1 aliphatic heterocycles. The van der Waals surface area contributed by atoms with Crippen molar-refractivity contribution in [1.82, 2.24) is 16.0 Å². The van der Waals surface area contributed by atoms with Crippen molar-refractivity contribution >= 4 is 33.2 Å². The fraction of sp³-hybridized carbons (Fsp3) is 0.500. The number of fused-ring (bicyclic) bond motifs is 1.